The maximum atomic E-state index is 4.33. The van der Waals surface area contributed by atoms with Crippen LogP contribution in [0.15, 0.2) is 36.7 Å². The highest BCUT2D eigenvalue weighted by atomic mass is 14.9. The maximum absolute atomic E-state index is 4.33. The largest absolute Gasteiger partial charge is 0.310 e. The normalized spacial score (nSPS) is 17.4. The number of hydrogen-bond acceptors (Lipinski definition) is 2. The molecule has 21 heavy (non-hydrogen) atoms. The van der Waals surface area contributed by atoms with E-state index in [9.17, 15) is 0 Å². The molecule has 1 aromatic heterocycles. The second-order valence-corrected chi connectivity index (χ2v) is 6.28. The molecule has 0 spiro atoms. The fourth-order valence-corrected chi connectivity index (χ4v) is 3.76. The van der Waals surface area contributed by atoms with Crippen LogP contribution in [0.4, 0.5) is 0 Å². The van der Waals surface area contributed by atoms with Gasteiger partial charge in [-0.25, -0.2) is 0 Å². The van der Waals surface area contributed by atoms with Crippen molar-refractivity contribution in [2.24, 2.45) is 5.92 Å². The summed E-state index contributed by atoms with van der Waals surface area (Å²) >= 11 is 0. The Morgan fingerprint density at radius 3 is 2.90 bits per heavy atom. The van der Waals surface area contributed by atoms with Crippen LogP contribution in [0.1, 0.15) is 57.1 Å². The number of nitrogens with zero attached hydrogens (tertiary/aromatic N) is 1. The van der Waals surface area contributed by atoms with E-state index in [1.54, 1.807) is 0 Å². The molecular weight excluding hydrogens is 256 g/mol. The first-order valence-electron chi connectivity index (χ1n) is 8.44. The van der Waals surface area contributed by atoms with Gasteiger partial charge in [0.2, 0.25) is 0 Å². The lowest BCUT2D eigenvalue weighted by Crippen LogP contribution is -2.21. The van der Waals surface area contributed by atoms with Gasteiger partial charge in [-0.1, -0.05) is 50.8 Å². The van der Waals surface area contributed by atoms with Gasteiger partial charge in [0, 0.05) is 23.8 Å². The summed E-state index contributed by atoms with van der Waals surface area (Å²) in [5, 5.41) is 6.29. The molecule has 0 aliphatic heterocycles. The van der Waals surface area contributed by atoms with Crippen molar-refractivity contribution >= 4 is 10.8 Å². The predicted molar refractivity (Wildman–Crippen MR) is 89.4 cm³/mol. The number of aromatic nitrogens is 1. The van der Waals surface area contributed by atoms with Crippen LogP contribution in [0.2, 0.25) is 0 Å². The molecule has 1 aliphatic rings. The zero-order valence-electron chi connectivity index (χ0n) is 13.0. The SMILES string of the molecule is CCNC(CCC1CCCC1)c1cccc2ccncc12. The van der Waals surface area contributed by atoms with E-state index in [1.807, 2.05) is 12.4 Å². The lowest BCUT2D eigenvalue weighted by Gasteiger charge is -2.21. The lowest BCUT2D eigenvalue weighted by molar-refractivity contribution is 0.418. The second-order valence-electron chi connectivity index (χ2n) is 6.28. The van der Waals surface area contributed by atoms with Crippen molar-refractivity contribution in [3.63, 3.8) is 0 Å². The van der Waals surface area contributed by atoms with E-state index in [0.717, 1.165) is 12.5 Å². The number of hydrogen-bond donors (Lipinski definition) is 1. The summed E-state index contributed by atoms with van der Waals surface area (Å²) in [6.07, 6.45) is 12.3. The van der Waals surface area contributed by atoms with Crippen LogP contribution in [0.5, 0.6) is 0 Å². The van der Waals surface area contributed by atoms with Crippen molar-refractivity contribution in [3.8, 4) is 0 Å². The van der Waals surface area contributed by atoms with Gasteiger partial charge in [-0.15, -0.1) is 0 Å². The Hall–Kier alpha value is -1.41. The summed E-state index contributed by atoms with van der Waals surface area (Å²) in [5.74, 6) is 0.958. The molecule has 3 rings (SSSR count). The molecule has 1 heterocycles. The molecule has 1 atom stereocenters. The highest BCUT2D eigenvalue weighted by Gasteiger charge is 2.19. The molecule has 1 aromatic carbocycles. The fourth-order valence-electron chi connectivity index (χ4n) is 3.76. The second kappa shape index (κ2) is 7.04. The van der Waals surface area contributed by atoms with Gasteiger partial charge in [-0.05, 0) is 42.3 Å². The average molecular weight is 282 g/mol. The van der Waals surface area contributed by atoms with Gasteiger partial charge in [0.25, 0.3) is 0 Å². The van der Waals surface area contributed by atoms with E-state index in [1.165, 1.54) is 54.9 Å². The number of pyridine rings is 1. The fraction of sp³-hybridized carbons (Fsp3) is 0.526. The summed E-state index contributed by atoms with van der Waals surface area (Å²) < 4.78 is 0. The Balaban J connectivity index is 1.80. The molecule has 1 saturated carbocycles. The zero-order valence-corrected chi connectivity index (χ0v) is 13.0. The van der Waals surface area contributed by atoms with Gasteiger partial charge in [0.1, 0.15) is 0 Å². The Morgan fingerprint density at radius 1 is 1.24 bits per heavy atom. The number of benzene rings is 1. The van der Waals surface area contributed by atoms with Crippen molar-refractivity contribution in [1.82, 2.24) is 10.3 Å². The minimum atomic E-state index is 0.462. The van der Waals surface area contributed by atoms with Crippen molar-refractivity contribution < 1.29 is 0 Å². The third-order valence-corrected chi connectivity index (χ3v) is 4.88. The molecule has 1 N–H and O–H groups in total. The van der Waals surface area contributed by atoms with Crippen molar-refractivity contribution in [2.75, 3.05) is 6.54 Å². The molecular formula is C19H26N2. The van der Waals surface area contributed by atoms with Crippen LogP contribution in [0.3, 0.4) is 0 Å². The van der Waals surface area contributed by atoms with E-state index in [2.05, 4.69) is 41.5 Å². The molecule has 1 unspecified atom stereocenters. The van der Waals surface area contributed by atoms with Gasteiger partial charge in [-0.2, -0.15) is 0 Å². The molecule has 0 saturated heterocycles. The first-order chi connectivity index (χ1) is 10.4. The van der Waals surface area contributed by atoms with E-state index in [4.69, 9.17) is 0 Å². The molecule has 2 aromatic rings. The zero-order chi connectivity index (χ0) is 14.5. The molecule has 112 valence electrons. The quantitative estimate of drug-likeness (QED) is 0.818. The van der Waals surface area contributed by atoms with Gasteiger partial charge in [0.05, 0.1) is 0 Å². The van der Waals surface area contributed by atoms with Gasteiger partial charge < -0.3 is 5.32 Å². The van der Waals surface area contributed by atoms with E-state index >= 15 is 0 Å². The predicted octanol–water partition coefficient (Wildman–Crippen LogP) is 4.86. The third-order valence-electron chi connectivity index (χ3n) is 4.88. The van der Waals surface area contributed by atoms with Crippen LogP contribution in [0, 0.1) is 5.92 Å². The summed E-state index contributed by atoms with van der Waals surface area (Å²) in [4.78, 5) is 4.33. The van der Waals surface area contributed by atoms with Crippen LogP contribution < -0.4 is 5.32 Å². The summed E-state index contributed by atoms with van der Waals surface area (Å²) in [6.45, 7) is 3.22. The summed E-state index contributed by atoms with van der Waals surface area (Å²) in [7, 11) is 0. The van der Waals surface area contributed by atoms with E-state index in [0.29, 0.717) is 6.04 Å². The van der Waals surface area contributed by atoms with Crippen molar-refractivity contribution in [3.05, 3.63) is 42.2 Å². The Bertz CT molecular complexity index is 567. The highest BCUT2D eigenvalue weighted by Crippen LogP contribution is 2.33. The van der Waals surface area contributed by atoms with Gasteiger partial charge >= 0.3 is 0 Å². The Morgan fingerprint density at radius 2 is 2.10 bits per heavy atom. The molecule has 0 amide bonds. The summed E-state index contributed by atoms with van der Waals surface area (Å²) in [6, 6.07) is 9.20. The summed E-state index contributed by atoms with van der Waals surface area (Å²) in [5.41, 5.74) is 1.42. The standard InChI is InChI=1S/C19H26N2/c1-2-21-19(11-10-15-6-3-4-7-15)17-9-5-8-16-12-13-20-14-18(16)17/h5,8-9,12-15,19,21H,2-4,6-7,10-11H2,1H3. The van der Waals surface area contributed by atoms with Crippen molar-refractivity contribution in [1.29, 1.82) is 0 Å². The first-order valence-corrected chi connectivity index (χ1v) is 8.44. The molecule has 2 heteroatoms. The van der Waals surface area contributed by atoms with Crippen LogP contribution >= 0.6 is 0 Å². The maximum Gasteiger partial charge on any atom is 0.0349 e. The number of fused-ring (bicyclic) bond motifs is 1. The Kier molecular flexibility index (Phi) is 4.87. The average Bonchev–Trinajstić information content (AvgIpc) is 3.04. The number of nitrogens with one attached hydrogen (secondary N) is 1. The topological polar surface area (TPSA) is 24.9 Å². The highest BCUT2D eigenvalue weighted by molar-refractivity contribution is 5.85. The lowest BCUT2D eigenvalue weighted by atomic mass is 9.92. The van der Waals surface area contributed by atoms with E-state index < -0.39 is 0 Å². The first kappa shape index (κ1) is 14.5. The minimum Gasteiger partial charge on any atom is -0.310 e. The monoisotopic (exact) mass is 282 g/mol. The van der Waals surface area contributed by atoms with Crippen molar-refractivity contribution in [2.45, 2.75) is 51.5 Å². The minimum absolute atomic E-state index is 0.462. The molecule has 0 radical (unpaired) electrons. The Labute approximate surface area is 128 Å². The van der Waals surface area contributed by atoms with Gasteiger partial charge in [-0.3, -0.25) is 4.98 Å². The molecule has 2 nitrogen and oxygen atoms in total. The number of rotatable bonds is 6. The molecule has 1 aliphatic carbocycles. The van der Waals surface area contributed by atoms with Gasteiger partial charge in [0.15, 0.2) is 0 Å². The van der Waals surface area contributed by atoms with Crippen LogP contribution in [0.25, 0.3) is 10.8 Å². The molecule has 1 fully saturated rings. The van der Waals surface area contributed by atoms with Crippen LogP contribution in [-0.2, 0) is 0 Å². The van der Waals surface area contributed by atoms with Crippen LogP contribution in [-0.4, -0.2) is 11.5 Å². The smallest absolute Gasteiger partial charge is 0.0349 e. The van der Waals surface area contributed by atoms with E-state index in [-0.39, 0.29) is 0 Å². The third kappa shape index (κ3) is 3.44. The molecule has 0 bridgehead atoms.